The van der Waals surface area contributed by atoms with Crippen LogP contribution in [0.15, 0.2) is 18.3 Å². The average Bonchev–Trinajstić information content (AvgIpc) is 2.94. The molecule has 2 amide bonds. The van der Waals surface area contributed by atoms with E-state index in [-0.39, 0.29) is 11.7 Å². The van der Waals surface area contributed by atoms with Crippen LogP contribution in [0.4, 0.5) is 10.5 Å². The van der Waals surface area contributed by atoms with Gasteiger partial charge < -0.3 is 20.6 Å². The molecule has 0 spiro atoms. The fourth-order valence-corrected chi connectivity index (χ4v) is 2.37. The van der Waals surface area contributed by atoms with Crippen LogP contribution in [-0.2, 0) is 0 Å². The monoisotopic (exact) mass is 292 g/mol. The maximum atomic E-state index is 11.8. The highest BCUT2D eigenvalue weighted by atomic mass is 16.4. The summed E-state index contributed by atoms with van der Waals surface area (Å²) < 4.78 is 0. The van der Waals surface area contributed by atoms with Gasteiger partial charge in [-0.2, -0.15) is 0 Å². The van der Waals surface area contributed by atoms with Gasteiger partial charge in [0.15, 0.2) is 0 Å². The van der Waals surface area contributed by atoms with E-state index in [1.54, 1.807) is 0 Å². The normalized spacial score (nSPS) is 18.4. The number of carbonyl (C=O) groups excluding carboxylic acids is 1. The molecule has 0 saturated carbocycles. The maximum absolute atomic E-state index is 11.8. The van der Waals surface area contributed by atoms with E-state index in [2.05, 4.69) is 27.4 Å². The van der Waals surface area contributed by atoms with Crippen molar-refractivity contribution in [3.63, 3.8) is 0 Å². The smallest absolute Gasteiger partial charge is 0.354 e. The van der Waals surface area contributed by atoms with Crippen LogP contribution in [0, 0.1) is 5.92 Å². The predicted octanol–water partition coefficient (Wildman–Crippen LogP) is 1.24. The first-order chi connectivity index (χ1) is 10.1. The van der Waals surface area contributed by atoms with Crippen molar-refractivity contribution in [1.29, 1.82) is 0 Å². The van der Waals surface area contributed by atoms with Crippen molar-refractivity contribution in [1.82, 2.24) is 15.2 Å². The molecule has 1 atom stereocenters. The van der Waals surface area contributed by atoms with Gasteiger partial charge in [-0.1, -0.05) is 6.92 Å². The van der Waals surface area contributed by atoms with Gasteiger partial charge in [-0.15, -0.1) is 0 Å². The van der Waals surface area contributed by atoms with Crippen molar-refractivity contribution in [3.05, 3.63) is 24.0 Å². The topological polar surface area (TPSA) is 94.6 Å². The van der Waals surface area contributed by atoms with Crippen LogP contribution in [0.2, 0.25) is 0 Å². The lowest BCUT2D eigenvalue weighted by Gasteiger charge is -2.14. The highest BCUT2D eigenvalue weighted by molar-refractivity contribution is 5.90. The number of nitrogens with one attached hydrogen (secondary N) is 2. The molecular formula is C14H20N4O3. The quantitative estimate of drug-likeness (QED) is 0.759. The van der Waals surface area contributed by atoms with Gasteiger partial charge in [-0.25, -0.2) is 14.6 Å². The van der Waals surface area contributed by atoms with Gasteiger partial charge in [0, 0.05) is 13.1 Å². The molecule has 114 valence electrons. The zero-order valence-corrected chi connectivity index (χ0v) is 12.0. The molecule has 0 radical (unpaired) electrons. The Kier molecular flexibility index (Phi) is 5.10. The third-order valence-corrected chi connectivity index (χ3v) is 3.61. The first-order valence-electron chi connectivity index (χ1n) is 7.05. The van der Waals surface area contributed by atoms with Crippen LogP contribution in [0.3, 0.4) is 0 Å². The molecule has 1 fully saturated rings. The SMILES string of the molecule is CCN1CCC(CNC(=O)Nc2ccc(C(=O)O)nc2)C1. The van der Waals surface area contributed by atoms with E-state index in [0.717, 1.165) is 26.1 Å². The summed E-state index contributed by atoms with van der Waals surface area (Å²) >= 11 is 0. The minimum absolute atomic E-state index is 0.0495. The number of hydrogen-bond acceptors (Lipinski definition) is 4. The zero-order valence-electron chi connectivity index (χ0n) is 12.0. The Hall–Kier alpha value is -2.15. The number of anilines is 1. The number of carbonyl (C=O) groups is 2. The van der Waals surface area contributed by atoms with Crippen molar-refractivity contribution in [2.45, 2.75) is 13.3 Å². The van der Waals surface area contributed by atoms with Crippen molar-refractivity contribution in [2.75, 3.05) is 31.5 Å². The molecule has 0 aliphatic carbocycles. The molecule has 2 rings (SSSR count). The van der Waals surface area contributed by atoms with Gasteiger partial charge in [0.1, 0.15) is 5.69 Å². The van der Waals surface area contributed by atoms with E-state index in [9.17, 15) is 9.59 Å². The number of amides is 2. The molecule has 0 bridgehead atoms. The fourth-order valence-electron chi connectivity index (χ4n) is 2.37. The number of nitrogens with zero attached hydrogens (tertiary/aromatic N) is 2. The molecule has 1 saturated heterocycles. The van der Waals surface area contributed by atoms with Gasteiger partial charge >= 0.3 is 12.0 Å². The number of carboxylic acids is 1. The molecule has 1 aromatic heterocycles. The number of urea groups is 1. The van der Waals surface area contributed by atoms with E-state index in [1.807, 2.05) is 0 Å². The summed E-state index contributed by atoms with van der Waals surface area (Å²) in [5, 5.41) is 14.2. The Labute approximate surface area is 123 Å². The number of rotatable bonds is 5. The number of carboxylic acid groups (broad SMARTS) is 1. The number of hydrogen-bond donors (Lipinski definition) is 3. The molecule has 1 aliphatic rings. The fraction of sp³-hybridized carbons (Fsp3) is 0.500. The predicted molar refractivity (Wildman–Crippen MR) is 78.4 cm³/mol. The van der Waals surface area contributed by atoms with Gasteiger partial charge in [0.2, 0.25) is 0 Å². The Balaban J connectivity index is 1.75. The summed E-state index contributed by atoms with van der Waals surface area (Å²) in [4.78, 5) is 28.5. The van der Waals surface area contributed by atoms with Crippen LogP contribution in [0.25, 0.3) is 0 Å². The average molecular weight is 292 g/mol. The minimum Gasteiger partial charge on any atom is -0.477 e. The zero-order chi connectivity index (χ0) is 15.2. The number of aromatic carboxylic acids is 1. The molecule has 1 aromatic rings. The highest BCUT2D eigenvalue weighted by Gasteiger charge is 2.21. The third kappa shape index (κ3) is 4.42. The second kappa shape index (κ2) is 7.03. The molecular weight excluding hydrogens is 272 g/mol. The van der Waals surface area contributed by atoms with Crippen molar-refractivity contribution in [2.24, 2.45) is 5.92 Å². The summed E-state index contributed by atoms with van der Waals surface area (Å²) in [7, 11) is 0. The molecule has 2 heterocycles. The largest absolute Gasteiger partial charge is 0.477 e. The third-order valence-electron chi connectivity index (χ3n) is 3.61. The number of pyridine rings is 1. The van der Waals surface area contributed by atoms with Crippen molar-refractivity contribution >= 4 is 17.7 Å². The Morgan fingerprint density at radius 1 is 1.48 bits per heavy atom. The first-order valence-corrected chi connectivity index (χ1v) is 7.05. The molecule has 0 aromatic carbocycles. The highest BCUT2D eigenvalue weighted by Crippen LogP contribution is 2.14. The van der Waals surface area contributed by atoms with E-state index < -0.39 is 5.97 Å². The van der Waals surface area contributed by atoms with Crippen LogP contribution in [0.1, 0.15) is 23.8 Å². The van der Waals surface area contributed by atoms with Crippen LogP contribution in [-0.4, -0.2) is 53.2 Å². The summed E-state index contributed by atoms with van der Waals surface area (Å²) in [5.41, 5.74) is 0.422. The molecule has 1 unspecified atom stereocenters. The molecule has 3 N–H and O–H groups in total. The first kappa shape index (κ1) is 15.2. The van der Waals surface area contributed by atoms with Crippen LogP contribution >= 0.6 is 0 Å². The van der Waals surface area contributed by atoms with E-state index >= 15 is 0 Å². The van der Waals surface area contributed by atoms with E-state index in [1.165, 1.54) is 18.3 Å². The van der Waals surface area contributed by atoms with Crippen LogP contribution < -0.4 is 10.6 Å². The lowest BCUT2D eigenvalue weighted by molar-refractivity contribution is 0.0690. The Morgan fingerprint density at radius 3 is 2.86 bits per heavy atom. The Bertz CT molecular complexity index is 503. The maximum Gasteiger partial charge on any atom is 0.354 e. The molecule has 1 aliphatic heterocycles. The standard InChI is InChI=1S/C14H20N4O3/c1-2-18-6-5-10(9-18)7-16-14(21)17-11-3-4-12(13(19)20)15-8-11/h3-4,8,10H,2,5-7,9H2,1H3,(H,19,20)(H2,16,17,21). The number of likely N-dealkylation sites (tertiary alicyclic amines) is 1. The molecule has 21 heavy (non-hydrogen) atoms. The van der Waals surface area contributed by atoms with Crippen molar-refractivity contribution in [3.8, 4) is 0 Å². The van der Waals surface area contributed by atoms with Gasteiger partial charge in [0.25, 0.3) is 0 Å². The molecule has 7 heteroatoms. The molecule has 7 nitrogen and oxygen atoms in total. The number of aromatic nitrogens is 1. The van der Waals surface area contributed by atoms with Gasteiger partial charge in [-0.05, 0) is 37.6 Å². The summed E-state index contributed by atoms with van der Waals surface area (Å²) in [6.07, 6.45) is 2.43. The van der Waals surface area contributed by atoms with E-state index in [4.69, 9.17) is 5.11 Å². The summed E-state index contributed by atoms with van der Waals surface area (Å²) in [6, 6.07) is 2.58. The summed E-state index contributed by atoms with van der Waals surface area (Å²) in [6.45, 7) is 5.93. The van der Waals surface area contributed by atoms with Gasteiger partial charge in [-0.3, -0.25) is 0 Å². The van der Waals surface area contributed by atoms with E-state index in [0.29, 0.717) is 18.2 Å². The minimum atomic E-state index is -1.09. The Morgan fingerprint density at radius 2 is 2.29 bits per heavy atom. The second-order valence-electron chi connectivity index (χ2n) is 5.12. The second-order valence-corrected chi connectivity index (χ2v) is 5.12. The van der Waals surface area contributed by atoms with Gasteiger partial charge in [0.05, 0.1) is 11.9 Å². The van der Waals surface area contributed by atoms with Crippen LogP contribution in [0.5, 0.6) is 0 Å². The summed E-state index contributed by atoms with van der Waals surface area (Å²) in [5.74, 6) is -0.601. The lowest BCUT2D eigenvalue weighted by Crippen LogP contribution is -2.34. The lowest BCUT2D eigenvalue weighted by atomic mass is 10.1. The van der Waals surface area contributed by atoms with Crippen molar-refractivity contribution < 1.29 is 14.7 Å².